The zero-order valence-corrected chi connectivity index (χ0v) is 12.2. The zero-order chi connectivity index (χ0) is 16.0. The molecular weight excluding hydrogens is 274 g/mol. The third-order valence-electron chi connectivity index (χ3n) is 2.73. The monoisotopic (exact) mass is 293 g/mol. The van der Waals surface area contributed by atoms with Gasteiger partial charge in [0.15, 0.2) is 6.04 Å². The molecule has 114 valence electrons. The number of carbonyl (C=O) groups excluding carboxylic acids is 2. The first kappa shape index (κ1) is 16.5. The van der Waals surface area contributed by atoms with E-state index >= 15 is 0 Å². The maximum atomic E-state index is 11.7. The lowest BCUT2D eigenvalue weighted by Gasteiger charge is -2.16. The largest absolute Gasteiger partial charge is 0.479 e. The number of hydrogen-bond acceptors (Lipinski definition) is 3. The van der Waals surface area contributed by atoms with Crippen LogP contribution in [0.1, 0.15) is 17.2 Å². The second kappa shape index (κ2) is 7.28. The van der Waals surface area contributed by atoms with Gasteiger partial charge in [0, 0.05) is 14.1 Å². The quantitative estimate of drug-likeness (QED) is 0.736. The van der Waals surface area contributed by atoms with E-state index in [-0.39, 0.29) is 6.54 Å². The third-order valence-corrected chi connectivity index (χ3v) is 2.73. The van der Waals surface area contributed by atoms with Crippen molar-refractivity contribution in [3.63, 3.8) is 0 Å². The molecule has 0 saturated carbocycles. The van der Waals surface area contributed by atoms with Crippen molar-refractivity contribution in [1.82, 2.24) is 15.5 Å². The van der Waals surface area contributed by atoms with Gasteiger partial charge in [0.1, 0.15) is 0 Å². The molecule has 7 nitrogen and oxygen atoms in total. The van der Waals surface area contributed by atoms with Gasteiger partial charge in [-0.05, 0) is 12.5 Å². The smallest absolute Gasteiger partial charge is 0.330 e. The maximum Gasteiger partial charge on any atom is 0.330 e. The van der Waals surface area contributed by atoms with Crippen LogP contribution in [0.2, 0.25) is 0 Å². The second-order valence-corrected chi connectivity index (χ2v) is 4.81. The Kier molecular flexibility index (Phi) is 5.71. The maximum absolute atomic E-state index is 11.7. The van der Waals surface area contributed by atoms with E-state index in [9.17, 15) is 19.5 Å². The second-order valence-electron chi connectivity index (χ2n) is 4.81. The molecule has 1 atom stereocenters. The fraction of sp³-hybridized carbons (Fsp3) is 0.357. The van der Waals surface area contributed by atoms with Crippen molar-refractivity contribution in [3.05, 3.63) is 35.4 Å². The van der Waals surface area contributed by atoms with Gasteiger partial charge in [-0.15, -0.1) is 0 Å². The predicted octanol–water partition coefficient (Wildman–Crippen LogP) is 0.508. The topological polar surface area (TPSA) is 98.7 Å². The number of amides is 3. The van der Waals surface area contributed by atoms with Crippen molar-refractivity contribution < 1.29 is 19.5 Å². The Morgan fingerprint density at radius 3 is 2.48 bits per heavy atom. The molecule has 0 heterocycles. The van der Waals surface area contributed by atoms with Gasteiger partial charge in [0.05, 0.1) is 6.54 Å². The summed E-state index contributed by atoms with van der Waals surface area (Å²) in [5, 5.41) is 14.0. The summed E-state index contributed by atoms with van der Waals surface area (Å²) in [6.45, 7) is 1.55. The fourth-order valence-corrected chi connectivity index (χ4v) is 1.66. The lowest BCUT2D eigenvalue weighted by molar-refractivity contribution is -0.141. The summed E-state index contributed by atoms with van der Waals surface area (Å²) in [4.78, 5) is 35.6. The van der Waals surface area contributed by atoms with Gasteiger partial charge in [-0.1, -0.05) is 29.8 Å². The minimum atomic E-state index is -1.16. The number of nitrogens with one attached hydrogen (secondary N) is 2. The molecule has 0 aliphatic carbocycles. The molecule has 0 unspecified atom stereocenters. The lowest BCUT2D eigenvalue weighted by Crippen LogP contribution is -2.43. The molecule has 0 aromatic heterocycles. The van der Waals surface area contributed by atoms with Crippen LogP contribution >= 0.6 is 0 Å². The third kappa shape index (κ3) is 5.13. The molecule has 0 saturated heterocycles. The van der Waals surface area contributed by atoms with Crippen LogP contribution in [-0.4, -0.2) is 48.6 Å². The molecule has 0 radical (unpaired) electrons. The summed E-state index contributed by atoms with van der Waals surface area (Å²) in [5.74, 6) is -1.73. The number of urea groups is 1. The van der Waals surface area contributed by atoms with Crippen molar-refractivity contribution in [2.75, 3.05) is 20.6 Å². The van der Waals surface area contributed by atoms with E-state index in [1.165, 1.54) is 4.90 Å². The standard InChI is InChI=1S/C14H19N3O4/c1-9-5-4-6-10(7-9)12(13(19)20)16-11(18)8-15-14(21)17(2)3/h4-7,12H,8H2,1-3H3,(H,15,21)(H,16,18)(H,19,20)/t12-/m0/s1. The summed E-state index contributed by atoms with van der Waals surface area (Å²) in [6.07, 6.45) is 0. The van der Waals surface area contributed by atoms with Crippen molar-refractivity contribution in [1.29, 1.82) is 0 Å². The summed E-state index contributed by atoms with van der Waals surface area (Å²) in [7, 11) is 3.08. The summed E-state index contributed by atoms with van der Waals surface area (Å²) in [5.41, 5.74) is 1.38. The van der Waals surface area contributed by atoms with E-state index in [2.05, 4.69) is 10.6 Å². The number of carboxylic acid groups (broad SMARTS) is 1. The van der Waals surface area contributed by atoms with Gasteiger partial charge in [0.25, 0.3) is 0 Å². The average Bonchev–Trinajstić information content (AvgIpc) is 2.41. The molecule has 21 heavy (non-hydrogen) atoms. The van der Waals surface area contributed by atoms with Gasteiger partial charge in [0.2, 0.25) is 5.91 Å². The molecule has 1 aromatic carbocycles. The van der Waals surface area contributed by atoms with Gasteiger partial charge >= 0.3 is 12.0 Å². The first-order chi connectivity index (χ1) is 9.81. The van der Waals surface area contributed by atoms with Crippen molar-refractivity contribution in [3.8, 4) is 0 Å². The fourth-order valence-electron chi connectivity index (χ4n) is 1.66. The van der Waals surface area contributed by atoms with Gasteiger partial charge in [-0.25, -0.2) is 9.59 Å². The molecule has 0 spiro atoms. The Morgan fingerprint density at radius 2 is 1.95 bits per heavy atom. The Balaban J connectivity index is 2.69. The van der Waals surface area contributed by atoms with Crippen LogP contribution in [0, 0.1) is 6.92 Å². The molecule has 0 aliphatic rings. The molecule has 1 aromatic rings. The van der Waals surface area contributed by atoms with Crippen LogP contribution in [0.4, 0.5) is 4.79 Å². The normalized spacial score (nSPS) is 11.4. The van der Waals surface area contributed by atoms with Gasteiger partial charge < -0.3 is 20.6 Å². The Labute approximate surface area is 122 Å². The molecule has 0 fully saturated rings. The van der Waals surface area contributed by atoms with E-state index in [1.807, 2.05) is 13.0 Å². The van der Waals surface area contributed by atoms with Crippen LogP contribution in [-0.2, 0) is 9.59 Å². The number of rotatable bonds is 5. The minimum Gasteiger partial charge on any atom is -0.479 e. The summed E-state index contributed by atoms with van der Waals surface area (Å²) in [6, 6.07) is 5.31. The highest BCUT2D eigenvalue weighted by Gasteiger charge is 2.22. The van der Waals surface area contributed by atoms with Crippen molar-refractivity contribution in [2.24, 2.45) is 0 Å². The first-order valence-corrected chi connectivity index (χ1v) is 6.35. The molecule has 0 bridgehead atoms. The molecule has 0 aliphatic heterocycles. The Morgan fingerprint density at radius 1 is 1.29 bits per heavy atom. The highest BCUT2D eigenvalue weighted by Crippen LogP contribution is 2.14. The SMILES string of the molecule is Cc1cccc([C@H](NC(=O)CNC(=O)N(C)C)C(=O)O)c1. The number of carbonyl (C=O) groups is 3. The van der Waals surface area contributed by atoms with Gasteiger partial charge in [-0.2, -0.15) is 0 Å². The number of carboxylic acids is 1. The number of aliphatic carboxylic acids is 1. The number of nitrogens with zero attached hydrogens (tertiary/aromatic N) is 1. The Hall–Kier alpha value is -2.57. The van der Waals surface area contributed by atoms with Crippen LogP contribution in [0.15, 0.2) is 24.3 Å². The first-order valence-electron chi connectivity index (χ1n) is 6.35. The number of hydrogen-bond donors (Lipinski definition) is 3. The van der Waals surface area contributed by atoms with E-state index in [0.29, 0.717) is 5.56 Å². The Bertz CT molecular complexity index is 543. The molecule has 1 rings (SSSR count). The summed E-state index contributed by atoms with van der Waals surface area (Å²) >= 11 is 0. The van der Waals surface area contributed by atoms with Gasteiger partial charge in [-0.3, -0.25) is 4.79 Å². The van der Waals surface area contributed by atoms with Crippen LogP contribution in [0.3, 0.4) is 0 Å². The molecule has 7 heteroatoms. The molecule has 3 amide bonds. The van der Waals surface area contributed by atoms with Crippen LogP contribution < -0.4 is 10.6 Å². The number of benzene rings is 1. The molecule has 3 N–H and O–H groups in total. The average molecular weight is 293 g/mol. The summed E-state index contributed by atoms with van der Waals surface area (Å²) < 4.78 is 0. The van der Waals surface area contributed by atoms with E-state index in [0.717, 1.165) is 5.56 Å². The minimum absolute atomic E-state index is 0.285. The van der Waals surface area contributed by atoms with Crippen LogP contribution in [0.25, 0.3) is 0 Å². The highest BCUT2D eigenvalue weighted by molar-refractivity contribution is 5.88. The predicted molar refractivity (Wildman–Crippen MR) is 76.8 cm³/mol. The highest BCUT2D eigenvalue weighted by atomic mass is 16.4. The van der Waals surface area contributed by atoms with E-state index in [1.54, 1.807) is 32.3 Å². The van der Waals surface area contributed by atoms with Crippen molar-refractivity contribution in [2.45, 2.75) is 13.0 Å². The number of aryl methyl sites for hydroxylation is 1. The van der Waals surface area contributed by atoms with E-state index in [4.69, 9.17) is 0 Å². The van der Waals surface area contributed by atoms with E-state index < -0.39 is 23.9 Å². The lowest BCUT2D eigenvalue weighted by atomic mass is 10.0. The van der Waals surface area contributed by atoms with Crippen LogP contribution in [0.5, 0.6) is 0 Å². The zero-order valence-electron chi connectivity index (χ0n) is 12.2. The molecular formula is C14H19N3O4. The van der Waals surface area contributed by atoms with Crippen molar-refractivity contribution >= 4 is 17.9 Å².